The molecule has 0 bridgehead atoms. The molecule has 0 aromatic heterocycles. The predicted octanol–water partition coefficient (Wildman–Crippen LogP) is 2.44. The van der Waals surface area contributed by atoms with Crippen LogP contribution in [0.25, 0.3) is 0 Å². The summed E-state index contributed by atoms with van der Waals surface area (Å²) in [5.41, 5.74) is 3.25. The van der Waals surface area contributed by atoms with Crippen LogP contribution in [0.2, 0.25) is 0 Å². The summed E-state index contributed by atoms with van der Waals surface area (Å²) in [7, 11) is 3.73. The third kappa shape index (κ3) is 4.72. The number of hydrogen-bond acceptors (Lipinski definition) is 2. The van der Waals surface area contributed by atoms with E-state index in [1.807, 2.05) is 24.3 Å². The molecule has 3 nitrogen and oxygen atoms in total. The molecule has 0 saturated carbocycles. The van der Waals surface area contributed by atoms with Crippen molar-refractivity contribution in [1.82, 2.24) is 10.2 Å². The summed E-state index contributed by atoms with van der Waals surface area (Å²) in [6.07, 6.45) is 2.21. The van der Waals surface area contributed by atoms with Crippen LogP contribution < -0.4 is 5.32 Å². The first-order chi connectivity index (χ1) is 8.52. The highest BCUT2D eigenvalue weighted by Crippen LogP contribution is 2.07. The number of nitrogens with one attached hydrogen (secondary N) is 1. The molecule has 18 heavy (non-hydrogen) atoms. The van der Waals surface area contributed by atoms with Gasteiger partial charge in [-0.2, -0.15) is 0 Å². The third-order valence-corrected chi connectivity index (χ3v) is 2.71. The summed E-state index contributed by atoms with van der Waals surface area (Å²) >= 11 is 0. The number of likely N-dealkylation sites (N-methyl/N-ethyl adjacent to an activating group) is 1. The molecule has 0 atom stereocenters. The number of carbonyl (C=O) groups is 1. The van der Waals surface area contributed by atoms with Gasteiger partial charge in [-0.25, -0.2) is 0 Å². The number of amides is 1. The smallest absolute Gasteiger partial charge is 0.251 e. The Morgan fingerprint density at radius 3 is 2.39 bits per heavy atom. The van der Waals surface area contributed by atoms with Gasteiger partial charge in [0.1, 0.15) is 0 Å². The Kier molecular flexibility index (Phi) is 5.59. The number of allylic oxidation sites excluding steroid dienone is 1. The van der Waals surface area contributed by atoms with Crippen LogP contribution in [-0.2, 0) is 6.54 Å². The second kappa shape index (κ2) is 6.97. The van der Waals surface area contributed by atoms with Gasteiger partial charge in [-0.05, 0) is 38.6 Å². The van der Waals surface area contributed by atoms with Gasteiger partial charge >= 0.3 is 0 Å². The fourth-order valence-corrected chi connectivity index (χ4v) is 1.62. The van der Waals surface area contributed by atoms with Gasteiger partial charge in [-0.1, -0.05) is 23.8 Å². The molecule has 98 valence electrons. The highest BCUT2D eigenvalue weighted by Gasteiger charge is 2.03. The van der Waals surface area contributed by atoms with Gasteiger partial charge in [0.25, 0.3) is 5.91 Å². The number of benzene rings is 1. The molecule has 1 amide bonds. The average molecular weight is 246 g/mol. The summed E-state index contributed by atoms with van der Waals surface area (Å²) in [5.74, 6) is -0.0422. The lowest BCUT2D eigenvalue weighted by molar-refractivity contribution is 0.0963. The minimum atomic E-state index is -0.0422. The molecule has 1 N–H and O–H groups in total. The number of carbonyl (C=O) groups excluding carboxylic acids is 1. The van der Waals surface area contributed by atoms with Crippen molar-refractivity contribution < 1.29 is 4.79 Å². The zero-order valence-electron chi connectivity index (χ0n) is 11.7. The molecule has 0 fully saturated rings. The quantitative estimate of drug-likeness (QED) is 0.809. The van der Waals surface area contributed by atoms with Crippen LogP contribution in [0.3, 0.4) is 0 Å². The standard InChI is InChI=1S/C15H22N2O/c1-12(2)9-10-17(4)11-13-5-7-14(8-6-13)15(18)16-3/h5-9H,10-11H2,1-4H3,(H,16,18). The molecular formula is C15H22N2O. The first-order valence-corrected chi connectivity index (χ1v) is 6.16. The molecule has 0 aliphatic rings. The fraction of sp³-hybridized carbons (Fsp3) is 0.400. The first kappa shape index (κ1) is 14.5. The van der Waals surface area contributed by atoms with E-state index in [0.717, 1.165) is 13.1 Å². The molecular weight excluding hydrogens is 224 g/mol. The van der Waals surface area contributed by atoms with E-state index in [9.17, 15) is 4.79 Å². The van der Waals surface area contributed by atoms with Crippen LogP contribution in [0.4, 0.5) is 0 Å². The predicted molar refractivity (Wildman–Crippen MR) is 75.6 cm³/mol. The van der Waals surface area contributed by atoms with Crippen molar-refractivity contribution in [2.24, 2.45) is 0 Å². The van der Waals surface area contributed by atoms with E-state index < -0.39 is 0 Å². The van der Waals surface area contributed by atoms with Crippen molar-refractivity contribution >= 4 is 5.91 Å². The normalized spacial score (nSPS) is 10.3. The zero-order valence-corrected chi connectivity index (χ0v) is 11.7. The van der Waals surface area contributed by atoms with Crippen molar-refractivity contribution in [2.45, 2.75) is 20.4 Å². The van der Waals surface area contributed by atoms with Crippen LogP contribution in [0.1, 0.15) is 29.8 Å². The Balaban J connectivity index is 2.58. The lowest BCUT2D eigenvalue weighted by Gasteiger charge is -2.15. The first-order valence-electron chi connectivity index (χ1n) is 6.16. The molecule has 1 aromatic carbocycles. The van der Waals surface area contributed by atoms with Crippen molar-refractivity contribution in [3.63, 3.8) is 0 Å². The van der Waals surface area contributed by atoms with Crippen molar-refractivity contribution in [3.05, 3.63) is 47.0 Å². The van der Waals surface area contributed by atoms with Gasteiger partial charge in [0.15, 0.2) is 0 Å². The van der Waals surface area contributed by atoms with Gasteiger partial charge in [0.2, 0.25) is 0 Å². The Morgan fingerprint density at radius 2 is 1.89 bits per heavy atom. The van der Waals surface area contributed by atoms with E-state index in [0.29, 0.717) is 5.56 Å². The molecule has 1 aromatic rings. The Morgan fingerprint density at radius 1 is 1.28 bits per heavy atom. The van der Waals surface area contributed by atoms with E-state index >= 15 is 0 Å². The highest BCUT2D eigenvalue weighted by molar-refractivity contribution is 5.93. The maximum Gasteiger partial charge on any atom is 0.251 e. The van der Waals surface area contributed by atoms with Crippen LogP contribution in [0.5, 0.6) is 0 Å². The zero-order chi connectivity index (χ0) is 13.5. The van der Waals surface area contributed by atoms with Crippen molar-refractivity contribution in [2.75, 3.05) is 20.6 Å². The van der Waals surface area contributed by atoms with Gasteiger partial charge < -0.3 is 5.32 Å². The Labute approximate surface area is 109 Å². The van der Waals surface area contributed by atoms with Crippen molar-refractivity contribution in [1.29, 1.82) is 0 Å². The molecule has 0 spiro atoms. The molecule has 0 heterocycles. The summed E-state index contributed by atoms with van der Waals surface area (Å²) in [4.78, 5) is 13.6. The minimum absolute atomic E-state index is 0.0422. The lowest BCUT2D eigenvalue weighted by Crippen LogP contribution is -2.19. The van der Waals surface area contributed by atoms with Gasteiger partial charge in [-0.3, -0.25) is 9.69 Å². The average Bonchev–Trinajstić information content (AvgIpc) is 2.36. The van der Waals surface area contributed by atoms with Crippen LogP contribution in [-0.4, -0.2) is 31.4 Å². The molecule has 3 heteroatoms. The molecule has 0 radical (unpaired) electrons. The molecule has 0 aliphatic carbocycles. The highest BCUT2D eigenvalue weighted by atomic mass is 16.1. The molecule has 0 unspecified atom stereocenters. The maximum atomic E-state index is 11.4. The van der Waals surface area contributed by atoms with E-state index in [2.05, 4.69) is 37.2 Å². The van der Waals surface area contributed by atoms with E-state index in [4.69, 9.17) is 0 Å². The fourth-order valence-electron chi connectivity index (χ4n) is 1.62. The van der Waals surface area contributed by atoms with E-state index in [1.165, 1.54) is 11.1 Å². The Bertz CT molecular complexity index is 417. The largest absolute Gasteiger partial charge is 0.355 e. The van der Waals surface area contributed by atoms with Gasteiger partial charge in [0, 0.05) is 25.7 Å². The second-order valence-corrected chi connectivity index (χ2v) is 4.75. The summed E-state index contributed by atoms with van der Waals surface area (Å²) < 4.78 is 0. The Hall–Kier alpha value is -1.61. The molecule has 1 rings (SSSR count). The van der Waals surface area contributed by atoms with E-state index in [-0.39, 0.29) is 5.91 Å². The summed E-state index contributed by atoms with van der Waals surface area (Å²) in [5, 5.41) is 2.62. The minimum Gasteiger partial charge on any atom is -0.355 e. The molecule has 0 aliphatic heterocycles. The van der Waals surface area contributed by atoms with Crippen LogP contribution >= 0.6 is 0 Å². The van der Waals surface area contributed by atoms with Crippen molar-refractivity contribution in [3.8, 4) is 0 Å². The monoisotopic (exact) mass is 246 g/mol. The van der Waals surface area contributed by atoms with Crippen LogP contribution in [0.15, 0.2) is 35.9 Å². The SMILES string of the molecule is CNC(=O)c1ccc(CN(C)CC=C(C)C)cc1. The molecule has 0 saturated heterocycles. The van der Waals surface area contributed by atoms with E-state index in [1.54, 1.807) is 7.05 Å². The topological polar surface area (TPSA) is 32.3 Å². The van der Waals surface area contributed by atoms with Gasteiger partial charge in [-0.15, -0.1) is 0 Å². The third-order valence-electron chi connectivity index (χ3n) is 2.71. The second-order valence-electron chi connectivity index (χ2n) is 4.75. The number of nitrogens with zero attached hydrogens (tertiary/aromatic N) is 1. The maximum absolute atomic E-state index is 11.4. The number of rotatable bonds is 5. The number of hydrogen-bond donors (Lipinski definition) is 1. The van der Waals surface area contributed by atoms with Crippen LogP contribution in [0, 0.1) is 0 Å². The summed E-state index contributed by atoms with van der Waals surface area (Å²) in [6.45, 7) is 6.04. The summed E-state index contributed by atoms with van der Waals surface area (Å²) in [6, 6.07) is 7.74. The lowest BCUT2D eigenvalue weighted by atomic mass is 10.1. The van der Waals surface area contributed by atoms with Gasteiger partial charge in [0.05, 0.1) is 0 Å².